The number of benzene rings is 3. The fourth-order valence-electron chi connectivity index (χ4n) is 4.61. The van der Waals surface area contributed by atoms with Crippen LogP contribution in [0.15, 0.2) is 101 Å². The van der Waals surface area contributed by atoms with Crippen LogP contribution in [-0.4, -0.2) is 17.9 Å². The molecule has 2 fully saturated rings. The standard InChI is InChI=1S/C27H19FN2O4/c28-18-13-11-17(12-14-18)21-15-16-22(33-21)24-23-25(34-30(24)20-9-5-2-6-10-20)27(32)29(26(23)31)19-7-3-1-4-8-19/h1-16,23-25H. The molecule has 0 bridgehead atoms. The van der Waals surface area contributed by atoms with Crippen molar-refractivity contribution in [2.24, 2.45) is 5.92 Å². The van der Waals surface area contributed by atoms with Gasteiger partial charge < -0.3 is 4.42 Å². The number of anilines is 2. The topological polar surface area (TPSA) is 63.0 Å². The number of imide groups is 1. The Kier molecular flexibility index (Phi) is 4.78. The van der Waals surface area contributed by atoms with Gasteiger partial charge in [0.25, 0.3) is 5.91 Å². The molecular weight excluding hydrogens is 435 g/mol. The molecule has 4 aromatic rings. The molecule has 0 spiro atoms. The highest BCUT2D eigenvalue weighted by Crippen LogP contribution is 2.48. The first-order valence-electron chi connectivity index (χ1n) is 10.9. The molecule has 0 saturated carbocycles. The lowest BCUT2D eigenvalue weighted by Gasteiger charge is -2.27. The Morgan fingerprint density at radius 3 is 2.03 bits per heavy atom. The number of halogens is 1. The Hall–Kier alpha value is -4.23. The van der Waals surface area contributed by atoms with Crippen molar-refractivity contribution in [3.63, 3.8) is 0 Å². The van der Waals surface area contributed by atoms with E-state index in [2.05, 4.69) is 0 Å². The largest absolute Gasteiger partial charge is 0.459 e. The van der Waals surface area contributed by atoms with Crippen LogP contribution in [0.2, 0.25) is 0 Å². The van der Waals surface area contributed by atoms with Gasteiger partial charge in [-0.15, -0.1) is 0 Å². The number of hydrogen-bond donors (Lipinski definition) is 0. The molecule has 168 valence electrons. The van der Waals surface area contributed by atoms with Crippen LogP contribution in [0.1, 0.15) is 11.8 Å². The SMILES string of the molecule is O=C1C2ON(c3ccccc3)C(c3ccc(-c4ccc(F)cc4)o3)C2C(=O)N1c1ccccc1. The molecule has 2 amide bonds. The van der Waals surface area contributed by atoms with Crippen LogP contribution < -0.4 is 9.96 Å². The number of carbonyl (C=O) groups is 2. The number of fused-ring (bicyclic) bond motifs is 1. The second-order valence-corrected chi connectivity index (χ2v) is 8.21. The summed E-state index contributed by atoms with van der Waals surface area (Å²) in [6.45, 7) is 0. The summed E-state index contributed by atoms with van der Waals surface area (Å²) in [7, 11) is 0. The van der Waals surface area contributed by atoms with Gasteiger partial charge in [-0.3, -0.25) is 14.4 Å². The predicted molar refractivity (Wildman–Crippen MR) is 123 cm³/mol. The zero-order valence-corrected chi connectivity index (χ0v) is 17.9. The molecule has 0 radical (unpaired) electrons. The van der Waals surface area contributed by atoms with Crippen LogP contribution in [0.5, 0.6) is 0 Å². The summed E-state index contributed by atoms with van der Waals surface area (Å²) in [4.78, 5) is 34.2. The van der Waals surface area contributed by atoms with E-state index in [4.69, 9.17) is 9.25 Å². The van der Waals surface area contributed by atoms with Crippen LogP contribution in [0.25, 0.3) is 11.3 Å². The maximum absolute atomic E-state index is 13.6. The Labute approximate surface area is 194 Å². The van der Waals surface area contributed by atoms with Crippen molar-refractivity contribution in [2.75, 3.05) is 9.96 Å². The molecule has 7 heteroatoms. The number of rotatable bonds is 4. The molecule has 0 aliphatic carbocycles. The van der Waals surface area contributed by atoms with Crippen molar-refractivity contribution in [1.82, 2.24) is 0 Å². The molecule has 2 saturated heterocycles. The van der Waals surface area contributed by atoms with Gasteiger partial charge in [-0.2, -0.15) is 0 Å². The van der Waals surface area contributed by atoms with E-state index >= 15 is 0 Å². The molecule has 2 aliphatic heterocycles. The Bertz CT molecular complexity index is 1350. The van der Waals surface area contributed by atoms with Gasteiger partial charge >= 0.3 is 0 Å². The van der Waals surface area contributed by atoms with Crippen LogP contribution in [0, 0.1) is 11.7 Å². The zero-order chi connectivity index (χ0) is 23.2. The normalized spacial score (nSPS) is 21.9. The minimum Gasteiger partial charge on any atom is -0.459 e. The number of para-hydroxylation sites is 2. The van der Waals surface area contributed by atoms with Gasteiger partial charge in [0.2, 0.25) is 5.91 Å². The van der Waals surface area contributed by atoms with Gasteiger partial charge in [0.15, 0.2) is 6.10 Å². The highest BCUT2D eigenvalue weighted by atomic mass is 19.1. The van der Waals surface area contributed by atoms with Crippen molar-refractivity contribution >= 4 is 23.2 Å². The third-order valence-electron chi connectivity index (χ3n) is 6.19. The first-order chi connectivity index (χ1) is 16.6. The Morgan fingerprint density at radius 1 is 0.706 bits per heavy atom. The second-order valence-electron chi connectivity index (χ2n) is 8.21. The first-order valence-corrected chi connectivity index (χ1v) is 10.9. The fourth-order valence-corrected chi connectivity index (χ4v) is 4.61. The van der Waals surface area contributed by atoms with Gasteiger partial charge in [0.1, 0.15) is 29.3 Å². The summed E-state index contributed by atoms with van der Waals surface area (Å²) < 4.78 is 19.5. The molecule has 3 atom stereocenters. The lowest BCUT2D eigenvalue weighted by Crippen LogP contribution is -2.37. The minimum atomic E-state index is -0.975. The summed E-state index contributed by atoms with van der Waals surface area (Å²) >= 11 is 0. The van der Waals surface area contributed by atoms with E-state index in [0.29, 0.717) is 28.5 Å². The van der Waals surface area contributed by atoms with Gasteiger partial charge in [-0.25, -0.2) is 14.4 Å². The van der Waals surface area contributed by atoms with Crippen LogP contribution >= 0.6 is 0 Å². The van der Waals surface area contributed by atoms with Gasteiger partial charge in [0.05, 0.1) is 11.4 Å². The van der Waals surface area contributed by atoms with Gasteiger partial charge in [0, 0.05) is 5.56 Å². The number of nitrogens with zero attached hydrogens (tertiary/aromatic N) is 2. The molecule has 2 aliphatic rings. The average Bonchev–Trinajstić information content (AvgIpc) is 3.56. The Morgan fingerprint density at radius 2 is 1.35 bits per heavy atom. The summed E-state index contributed by atoms with van der Waals surface area (Å²) in [6.07, 6.45) is -0.975. The quantitative estimate of drug-likeness (QED) is 0.400. The summed E-state index contributed by atoms with van der Waals surface area (Å²) in [5.74, 6) is -0.872. The van der Waals surface area contributed by atoms with Crippen molar-refractivity contribution in [2.45, 2.75) is 12.1 Å². The van der Waals surface area contributed by atoms with E-state index in [1.54, 1.807) is 53.6 Å². The molecule has 1 aromatic heterocycles. The van der Waals surface area contributed by atoms with E-state index in [1.807, 2.05) is 36.4 Å². The summed E-state index contributed by atoms with van der Waals surface area (Å²) in [5.41, 5.74) is 1.91. The molecule has 6 rings (SSSR count). The monoisotopic (exact) mass is 454 g/mol. The molecule has 3 unspecified atom stereocenters. The van der Waals surface area contributed by atoms with E-state index < -0.39 is 24.0 Å². The number of furan rings is 1. The molecule has 3 heterocycles. The number of carbonyl (C=O) groups excluding carboxylic acids is 2. The molecule has 6 nitrogen and oxygen atoms in total. The lowest BCUT2D eigenvalue weighted by molar-refractivity contribution is -0.126. The minimum absolute atomic E-state index is 0.339. The Balaban J connectivity index is 1.42. The number of hydroxylamine groups is 1. The number of hydrogen-bond acceptors (Lipinski definition) is 5. The van der Waals surface area contributed by atoms with Crippen molar-refractivity contribution in [3.05, 3.63) is 109 Å². The number of amides is 2. The third-order valence-corrected chi connectivity index (χ3v) is 6.19. The summed E-state index contributed by atoms with van der Waals surface area (Å²) in [6, 6.07) is 27.0. The van der Waals surface area contributed by atoms with Crippen LogP contribution in [0.3, 0.4) is 0 Å². The average molecular weight is 454 g/mol. The van der Waals surface area contributed by atoms with Gasteiger partial charge in [-0.1, -0.05) is 36.4 Å². The molecule has 3 aromatic carbocycles. The highest BCUT2D eigenvalue weighted by Gasteiger charge is 2.61. The zero-order valence-electron chi connectivity index (χ0n) is 17.9. The van der Waals surface area contributed by atoms with Crippen molar-refractivity contribution in [3.8, 4) is 11.3 Å². The van der Waals surface area contributed by atoms with Crippen LogP contribution in [0.4, 0.5) is 15.8 Å². The third kappa shape index (κ3) is 3.21. The second kappa shape index (κ2) is 7.97. The maximum atomic E-state index is 13.6. The predicted octanol–water partition coefficient (Wildman–Crippen LogP) is 5.14. The van der Waals surface area contributed by atoms with Crippen LogP contribution in [-0.2, 0) is 14.4 Å². The maximum Gasteiger partial charge on any atom is 0.266 e. The fraction of sp³-hybridized carbons (Fsp3) is 0.111. The molecular formula is C27H19FN2O4. The van der Waals surface area contributed by atoms with E-state index in [9.17, 15) is 14.0 Å². The van der Waals surface area contributed by atoms with Crippen molar-refractivity contribution in [1.29, 1.82) is 0 Å². The molecule has 0 N–H and O–H groups in total. The summed E-state index contributed by atoms with van der Waals surface area (Å²) in [5, 5.41) is 1.58. The first kappa shape index (κ1) is 20.4. The lowest BCUT2D eigenvalue weighted by atomic mass is 9.94. The van der Waals surface area contributed by atoms with E-state index in [0.717, 1.165) is 0 Å². The van der Waals surface area contributed by atoms with E-state index in [1.165, 1.54) is 17.0 Å². The smallest absolute Gasteiger partial charge is 0.266 e. The highest BCUT2D eigenvalue weighted by molar-refractivity contribution is 6.23. The molecule has 34 heavy (non-hydrogen) atoms. The van der Waals surface area contributed by atoms with E-state index in [-0.39, 0.29) is 11.7 Å². The van der Waals surface area contributed by atoms with Crippen molar-refractivity contribution < 1.29 is 23.2 Å². The van der Waals surface area contributed by atoms with Gasteiger partial charge in [-0.05, 0) is 60.7 Å².